The number of rotatable bonds is 2. The van der Waals surface area contributed by atoms with Crippen LogP contribution in [0.25, 0.3) is 0 Å². The van der Waals surface area contributed by atoms with Gasteiger partial charge in [-0.1, -0.05) is 11.8 Å². The van der Waals surface area contributed by atoms with Gasteiger partial charge in [-0.2, -0.15) is 0 Å². The average molecular weight is 293 g/mol. The van der Waals surface area contributed by atoms with Crippen LogP contribution in [0.4, 0.5) is 0 Å². The third-order valence-electron chi connectivity index (χ3n) is 3.06. The molecule has 1 aromatic rings. The summed E-state index contributed by atoms with van der Waals surface area (Å²) in [5.41, 5.74) is 0.756. The van der Waals surface area contributed by atoms with E-state index in [9.17, 15) is 4.79 Å². The number of ether oxygens (including phenoxy) is 1. The minimum atomic E-state index is 0.0330. The first-order chi connectivity index (χ1) is 9.72. The highest BCUT2D eigenvalue weighted by atomic mass is 32.1. The predicted octanol–water partition coefficient (Wildman–Crippen LogP) is 1.73. The van der Waals surface area contributed by atoms with Crippen LogP contribution >= 0.6 is 11.3 Å². The summed E-state index contributed by atoms with van der Waals surface area (Å²) in [4.78, 5) is 15.1. The molecule has 2 heterocycles. The number of nitrogens with zero attached hydrogens (tertiary/aromatic N) is 1. The first-order valence-electron chi connectivity index (χ1n) is 6.80. The van der Waals surface area contributed by atoms with Crippen molar-refractivity contribution in [3.8, 4) is 11.8 Å². The topological polar surface area (TPSA) is 49.8 Å². The SMILES string of the molecule is CC1CN(C(=O)c2sccc2C#CCCO)CCCO1. The smallest absolute Gasteiger partial charge is 0.265 e. The van der Waals surface area contributed by atoms with Crippen molar-refractivity contribution in [1.29, 1.82) is 0 Å². The lowest BCUT2D eigenvalue weighted by Gasteiger charge is -2.21. The molecule has 0 aromatic carbocycles. The van der Waals surface area contributed by atoms with Gasteiger partial charge in [-0.25, -0.2) is 0 Å². The van der Waals surface area contributed by atoms with Gasteiger partial charge in [0.15, 0.2) is 0 Å². The first-order valence-corrected chi connectivity index (χ1v) is 7.68. The predicted molar refractivity (Wildman–Crippen MR) is 78.8 cm³/mol. The van der Waals surface area contributed by atoms with Crippen LogP contribution in [0.5, 0.6) is 0 Å². The number of carbonyl (C=O) groups is 1. The van der Waals surface area contributed by atoms with Crippen molar-refractivity contribution in [2.24, 2.45) is 0 Å². The zero-order chi connectivity index (χ0) is 14.4. The second kappa shape index (κ2) is 7.44. The Bertz CT molecular complexity index is 515. The molecule has 1 atom stereocenters. The maximum absolute atomic E-state index is 12.6. The Morgan fingerprint density at radius 3 is 3.30 bits per heavy atom. The van der Waals surface area contributed by atoms with Crippen LogP contribution in [0.15, 0.2) is 11.4 Å². The molecule has 1 aromatic heterocycles. The second-order valence-electron chi connectivity index (χ2n) is 4.72. The molecule has 20 heavy (non-hydrogen) atoms. The molecule has 4 nitrogen and oxygen atoms in total. The van der Waals surface area contributed by atoms with Crippen LogP contribution < -0.4 is 0 Å². The van der Waals surface area contributed by atoms with Crippen LogP contribution in [0.1, 0.15) is 35.0 Å². The van der Waals surface area contributed by atoms with E-state index in [-0.39, 0.29) is 18.6 Å². The summed E-state index contributed by atoms with van der Waals surface area (Å²) < 4.78 is 5.56. The Balaban J connectivity index is 2.13. The number of hydrogen-bond acceptors (Lipinski definition) is 4. The highest BCUT2D eigenvalue weighted by Crippen LogP contribution is 2.19. The molecule has 1 saturated heterocycles. The van der Waals surface area contributed by atoms with E-state index in [2.05, 4.69) is 11.8 Å². The summed E-state index contributed by atoms with van der Waals surface area (Å²) in [5.74, 6) is 5.86. The van der Waals surface area contributed by atoms with E-state index in [1.807, 2.05) is 23.3 Å². The van der Waals surface area contributed by atoms with Crippen molar-refractivity contribution in [2.75, 3.05) is 26.3 Å². The first kappa shape index (κ1) is 15.0. The number of hydrogen-bond donors (Lipinski definition) is 1. The van der Waals surface area contributed by atoms with E-state index >= 15 is 0 Å². The summed E-state index contributed by atoms with van der Waals surface area (Å²) in [7, 11) is 0. The Hall–Kier alpha value is -1.35. The minimum Gasteiger partial charge on any atom is -0.395 e. The molecule has 5 heteroatoms. The molecular formula is C15H19NO3S. The van der Waals surface area contributed by atoms with Crippen molar-refractivity contribution in [2.45, 2.75) is 25.9 Å². The largest absolute Gasteiger partial charge is 0.395 e. The molecule has 108 valence electrons. The summed E-state index contributed by atoms with van der Waals surface area (Å²) in [5, 5.41) is 10.6. The van der Waals surface area contributed by atoms with Crippen molar-refractivity contribution in [3.63, 3.8) is 0 Å². The Kier molecular flexibility index (Phi) is 5.60. The average Bonchev–Trinajstić information content (AvgIpc) is 2.79. The minimum absolute atomic E-state index is 0.0330. The molecule has 0 bridgehead atoms. The third kappa shape index (κ3) is 3.83. The van der Waals surface area contributed by atoms with Crippen molar-refractivity contribution in [1.82, 2.24) is 4.90 Å². The van der Waals surface area contributed by atoms with E-state index in [0.717, 1.165) is 18.5 Å². The maximum atomic E-state index is 12.6. The summed E-state index contributed by atoms with van der Waals surface area (Å²) in [6.07, 6.45) is 1.37. The Labute approximate surface area is 123 Å². The van der Waals surface area contributed by atoms with Gasteiger partial charge in [0.25, 0.3) is 5.91 Å². The van der Waals surface area contributed by atoms with E-state index in [4.69, 9.17) is 9.84 Å². The van der Waals surface area contributed by atoms with E-state index < -0.39 is 0 Å². The van der Waals surface area contributed by atoms with Crippen LogP contribution in [-0.4, -0.2) is 48.3 Å². The second-order valence-corrected chi connectivity index (χ2v) is 5.64. The molecule has 0 aliphatic carbocycles. The highest BCUT2D eigenvalue weighted by Gasteiger charge is 2.23. The lowest BCUT2D eigenvalue weighted by atomic mass is 10.2. The summed E-state index contributed by atoms with van der Waals surface area (Å²) >= 11 is 1.42. The van der Waals surface area contributed by atoms with Crippen molar-refractivity contribution < 1.29 is 14.6 Å². The lowest BCUT2D eigenvalue weighted by Crippen LogP contribution is -2.35. The van der Waals surface area contributed by atoms with Crippen LogP contribution in [0, 0.1) is 11.8 Å². The van der Waals surface area contributed by atoms with Crippen molar-refractivity contribution in [3.05, 3.63) is 21.9 Å². The lowest BCUT2D eigenvalue weighted by molar-refractivity contribution is 0.0565. The Morgan fingerprint density at radius 1 is 1.65 bits per heavy atom. The van der Waals surface area contributed by atoms with Gasteiger partial charge in [0, 0.05) is 31.7 Å². The van der Waals surface area contributed by atoms with Crippen LogP contribution in [-0.2, 0) is 4.74 Å². The van der Waals surface area contributed by atoms with Crippen LogP contribution in [0.3, 0.4) is 0 Å². The van der Waals surface area contributed by atoms with Gasteiger partial charge in [0.1, 0.15) is 4.88 Å². The van der Waals surface area contributed by atoms with Gasteiger partial charge in [-0.15, -0.1) is 11.3 Å². The van der Waals surface area contributed by atoms with E-state index in [1.54, 1.807) is 0 Å². The van der Waals surface area contributed by atoms with Gasteiger partial charge >= 0.3 is 0 Å². The molecule has 1 N–H and O–H groups in total. The molecule has 0 radical (unpaired) electrons. The number of thiophene rings is 1. The molecular weight excluding hydrogens is 274 g/mol. The molecule has 1 amide bonds. The van der Waals surface area contributed by atoms with Gasteiger partial charge in [-0.05, 0) is 24.8 Å². The highest BCUT2D eigenvalue weighted by molar-refractivity contribution is 7.12. The van der Waals surface area contributed by atoms with Gasteiger partial charge in [0.2, 0.25) is 0 Å². The number of amides is 1. The fourth-order valence-corrected chi connectivity index (χ4v) is 2.93. The van der Waals surface area contributed by atoms with E-state index in [1.165, 1.54) is 11.3 Å². The standard InChI is InChI=1S/C15H19NO3S/c1-12-11-16(7-4-9-19-12)15(18)14-13(6-10-20-14)5-2-3-8-17/h6,10,12,17H,3-4,7-9,11H2,1H3. The van der Waals surface area contributed by atoms with Gasteiger partial charge in [0.05, 0.1) is 12.7 Å². The monoisotopic (exact) mass is 293 g/mol. The fraction of sp³-hybridized carbons (Fsp3) is 0.533. The fourth-order valence-electron chi connectivity index (χ4n) is 2.11. The summed E-state index contributed by atoms with van der Waals surface area (Å²) in [6, 6.07) is 1.86. The molecule has 0 spiro atoms. The maximum Gasteiger partial charge on any atom is 0.265 e. The Morgan fingerprint density at radius 2 is 2.50 bits per heavy atom. The summed E-state index contributed by atoms with van der Waals surface area (Å²) in [6.45, 7) is 4.09. The molecule has 1 aliphatic heterocycles. The molecule has 1 aliphatic rings. The molecule has 2 rings (SSSR count). The zero-order valence-electron chi connectivity index (χ0n) is 11.6. The molecule has 1 fully saturated rings. The van der Waals surface area contributed by atoms with Gasteiger partial charge in [-0.3, -0.25) is 4.79 Å². The normalized spacial score (nSPS) is 19.1. The molecule has 1 unspecified atom stereocenters. The van der Waals surface area contributed by atoms with Gasteiger partial charge < -0.3 is 14.7 Å². The van der Waals surface area contributed by atoms with Crippen LogP contribution in [0.2, 0.25) is 0 Å². The number of aliphatic hydroxyl groups excluding tert-OH is 1. The van der Waals surface area contributed by atoms with Crippen molar-refractivity contribution >= 4 is 17.2 Å². The number of aliphatic hydroxyl groups is 1. The zero-order valence-corrected chi connectivity index (χ0v) is 12.4. The third-order valence-corrected chi connectivity index (χ3v) is 3.96. The number of carbonyl (C=O) groups excluding carboxylic acids is 1. The quantitative estimate of drug-likeness (QED) is 0.845. The van der Waals surface area contributed by atoms with E-state index in [0.29, 0.717) is 24.4 Å². The molecule has 0 saturated carbocycles.